The summed E-state index contributed by atoms with van der Waals surface area (Å²) in [6.07, 6.45) is 1.44. The second kappa shape index (κ2) is 1.73. The van der Waals surface area contributed by atoms with E-state index in [-0.39, 0.29) is 5.95 Å². The Morgan fingerprint density at radius 1 is 1.71 bits per heavy atom. The van der Waals surface area contributed by atoms with Crippen LogP contribution in [0.25, 0.3) is 0 Å². The summed E-state index contributed by atoms with van der Waals surface area (Å²) in [6, 6.07) is 1.69. The van der Waals surface area contributed by atoms with Crippen LogP contribution in [-0.4, -0.2) is 5.11 Å². The maximum absolute atomic E-state index is 8.59. The lowest BCUT2D eigenvalue weighted by atomic mass is 10.7. The van der Waals surface area contributed by atoms with Crippen LogP contribution in [0.15, 0.2) is 16.7 Å². The summed E-state index contributed by atoms with van der Waals surface area (Å²) in [6.45, 7) is 0. The zero-order valence-corrected chi connectivity index (χ0v) is 5.55. The summed E-state index contributed by atoms with van der Waals surface area (Å²) >= 11 is 1.98. The number of furan rings is 1. The van der Waals surface area contributed by atoms with Gasteiger partial charge in [0, 0.05) is 0 Å². The number of hydrogen-bond donors (Lipinski definition) is 1. The van der Waals surface area contributed by atoms with E-state index >= 15 is 0 Å². The SMILES string of the molecule is Oc1occc1I. The van der Waals surface area contributed by atoms with Crippen LogP contribution in [0.4, 0.5) is 0 Å². The minimum atomic E-state index is 0.000556. The van der Waals surface area contributed by atoms with E-state index in [0.717, 1.165) is 3.57 Å². The molecule has 1 aromatic rings. The van der Waals surface area contributed by atoms with E-state index in [2.05, 4.69) is 4.42 Å². The van der Waals surface area contributed by atoms with Gasteiger partial charge in [-0.2, -0.15) is 0 Å². The van der Waals surface area contributed by atoms with Crippen LogP contribution >= 0.6 is 22.6 Å². The van der Waals surface area contributed by atoms with Crippen LogP contribution < -0.4 is 0 Å². The third-order valence-electron chi connectivity index (χ3n) is 0.598. The Hall–Kier alpha value is -0.190. The monoisotopic (exact) mass is 210 g/mol. The first-order valence-electron chi connectivity index (χ1n) is 1.72. The summed E-state index contributed by atoms with van der Waals surface area (Å²) in [4.78, 5) is 0. The second-order valence-corrected chi connectivity index (χ2v) is 2.24. The van der Waals surface area contributed by atoms with Gasteiger partial charge in [-0.3, -0.25) is 0 Å². The van der Waals surface area contributed by atoms with Gasteiger partial charge < -0.3 is 9.52 Å². The quantitative estimate of drug-likeness (QED) is 0.659. The average Bonchev–Trinajstić information content (AvgIpc) is 1.91. The van der Waals surface area contributed by atoms with Crippen molar-refractivity contribution >= 4 is 22.6 Å². The summed E-state index contributed by atoms with van der Waals surface area (Å²) in [5.41, 5.74) is 0. The Morgan fingerprint density at radius 3 is 2.57 bits per heavy atom. The van der Waals surface area contributed by atoms with Crippen molar-refractivity contribution in [2.24, 2.45) is 0 Å². The second-order valence-electron chi connectivity index (χ2n) is 1.07. The first-order chi connectivity index (χ1) is 3.30. The molecule has 0 amide bonds. The van der Waals surface area contributed by atoms with Crippen molar-refractivity contribution in [2.45, 2.75) is 0 Å². The number of rotatable bonds is 0. The standard InChI is InChI=1S/C4H3IO2/c5-3-1-2-7-4(3)6/h1-2,6H. The highest BCUT2D eigenvalue weighted by Gasteiger charge is 1.94. The molecule has 1 aromatic heterocycles. The molecule has 0 fully saturated rings. The molecular weight excluding hydrogens is 207 g/mol. The lowest BCUT2D eigenvalue weighted by Gasteiger charge is -1.76. The van der Waals surface area contributed by atoms with Crippen molar-refractivity contribution in [1.82, 2.24) is 0 Å². The van der Waals surface area contributed by atoms with Gasteiger partial charge in [0.15, 0.2) is 0 Å². The van der Waals surface area contributed by atoms with Crippen molar-refractivity contribution < 1.29 is 9.52 Å². The Balaban J connectivity index is 3.12. The number of aromatic hydroxyl groups is 1. The van der Waals surface area contributed by atoms with Gasteiger partial charge in [-0.1, -0.05) is 0 Å². The van der Waals surface area contributed by atoms with Crippen molar-refractivity contribution in [3.63, 3.8) is 0 Å². The molecule has 1 heterocycles. The van der Waals surface area contributed by atoms with Gasteiger partial charge in [0.05, 0.1) is 9.83 Å². The molecule has 0 unspecified atom stereocenters. The first kappa shape index (κ1) is 4.96. The summed E-state index contributed by atoms with van der Waals surface area (Å²) < 4.78 is 5.26. The van der Waals surface area contributed by atoms with Gasteiger partial charge in [0.1, 0.15) is 0 Å². The molecule has 1 N–H and O–H groups in total. The summed E-state index contributed by atoms with van der Waals surface area (Å²) in [7, 11) is 0. The Labute approximate surface area is 54.3 Å². The van der Waals surface area contributed by atoms with E-state index < -0.39 is 0 Å². The van der Waals surface area contributed by atoms with Gasteiger partial charge in [0.25, 0.3) is 5.95 Å². The number of halogens is 1. The van der Waals surface area contributed by atoms with Crippen molar-refractivity contribution in [2.75, 3.05) is 0 Å². The molecule has 0 bridgehead atoms. The molecule has 0 saturated heterocycles. The van der Waals surface area contributed by atoms with E-state index in [1.165, 1.54) is 6.26 Å². The topological polar surface area (TPSA) is 33.4 Å². The van der Waals surface area contributed by atoms with Gasteiger partial charge in [0.2, 0.25) is 0 Å². The zero-order chi connectivity index (χ0) is 5.28. The molecule has 0 aliphatic carbocycles. The van der Waals surface area contributed by atoms with Crippen LogP contribution in [0.2, 0.25) is 0 Å². The molecule has 0 saturated carbocycles. The molecule has 0 aromatic carbocycles. The third kappa shape index (κ3) is 0.876. The molecule has 0 radical (unpaired) electrons. The van der Waals surface area contributed by atoms with Crippen molar-refractivity contribution in [3.8, 4) is 5.95 Å². The fourth-order valence-electron chi connectivity index (χ4n) is 0.286. The average molecular weight is 210 g/mol. The molecule has 0 aliphatic heterocycles. The third-order valence-corrected chi connectivity index (χ3v) is 1.42. The van der Waals surface area contributed by atoms with E-state index in [9.17, 15) is 0 Å². The first-order valence-corrected chi connectivity index (χ1v) is 2.80. The molecule has 38 valence electrons. The van der Waals surface area contributed by atoms with E-state index in [1.807, 2.05) is 22.6 Å². The zero-order valence-electron chi connectivity index (χ0n) is 3.39. The molecule has 0 atom stereocenters. The molecular formula is C4H3IO2. The van der Waals surface area contributed by atoms with Gasteiger partial charge >= 0.3 is 0 Å². The predicted molar refractivity (Wildman–Crippen MR) is 33.1 cm³/mol. The van der Waals surface area contributed by atoms with E-state index in [0.29, 0.717) is 0 Å². The van der Waals surface area contributed by atoms with Crippen LogP contribution in [0.3, 0.4) is 0 Å². The lowest BCUT2D eigenvalue weighted by Crippen LogP contribution is -1.54. The van der Waals surface area contributed by atoms with Crippen molar-refractivity contribution in [1.29, 1.82) is 0 Å². The van der Waals surface area contributed by atoms with Crippen molar-refractivity contribution in [3.05, 3.63) is 15.9 Å². The largest absolute Gasteiger partial charge is 0.480 e. The van der Waals surface area contributed by atoms with Crippen LogP contribution in [0.1, 0.15) is 0 Å². The summed E-state index contributed by atoms with van der Waals surface area (Å²) in [5, 5.41) is 8.59. The molecule has 2 nitrogen and oxygen atoms in total. The van der Waals surface area contributed by atoms with Gasteiger partial charge in [-0.25, -0.2) is 0 Å². The van der Waals surface area contributed by atoms with Gasteiger partial charge in [-0.05, 0) is 28.7 Å². The summed E-state index contributed by atoms with van der Waals surface area (Å²) in [5.74, 6) is 0.000556. The molecule has 0 spiro atoms. The maximum atomic E-state index is 8.59. The highest BCUT2D eigenvalue weighted by Crippen LogP contribution is 2.18. The maximum Gasteiger partial charge on any atom is 0.295 e. The molecule has 7 heavy (non-hydrogen) atoms. The normalized spacial score (nSPS) is 9.29. The minimum absolute atomic E-state index is 0.000556. The van der Waals surface area contributed by atoms with Crippen LogP contribution in [0.5, 0.6) is 5.95 Å². The molecule has 1 rings (SSSR count). The Bertz CT molecular complexity index is 142. The van der Waals surface area contributed by atoms with E-state index in [1.54, 1.807) is 6.07 Å². The predicted octanol–water partition coefficient (Wildman–Crippen LogP) is 1.59. The van der Waals surface area contributed by atoms with Crippen LogP contribution in [-0.2, 0) is 0 Å². The highest BCUT2D eigenvalue weighted by molar-refractivity contribution is 14.1. The Morgan fingerprint density at radius 2 is 2.43 bits per heavy atom. The fraction of sp³-hybridized carbons (Fsp3) is 0. The number of hydrogen-bond acceptors (Lipinski definition) is 2. The smallest absolute Gasteiger partial charge is 0.295 e. The lowest BCUT2D eigenvalue weighted by molar-refractivity contribution is 0.329. The molecule has 3 heteroatoms. The minimum Gasteiger partial charge on any atom is -0.480 e. The van der Waals surface area contributed by atoms with E-state index in [4.69, 9.17) is 5.11 Å². The van der Waals surface area contributed by atoms with Gasteiger partial charge in [-0.15, -0.1) is 0 Å². The fourth-order valence-corrected chi connectivity index (χ4v) is 0.560. The molecule has 0 aliphatic rings. The Kier molecular flexibility index (Phi) is 1.23. The highest BCUT2D eigenvalue weighted by atomic mass is 127. The van der Waals surface area contributed by atoms with Crippen LogP contribution in [0, 0.1) is 3.57 Å².